The Morgan fingerprint density at radius 3 is 2.48 bits per heavy atom. The van der Waals surface area contributed by atoms with Gasteiger partial charge in [0.2, 0.25) is 5.91 Å². The number of hydrogen-bond acceptors (Lipinski definition) is 4. The van der Waals surface area contributed by atoms with Crippen LogP contribution in [0.1, 0.15) is 16.7 Å². The standard InChI is InChI=1S/C22H25F2NO4/c1-15-12-16(2)14-18(13-15)28-11-10-25(3)20(26)9-8-17-6-5-7-19(27-4)21(17)29-22(23)24/h5-9,12-14,22H,10-11H2,1-4H3/b9-8+. The summed E-state index contributed by atoms with van der Waals surface area (Å²) in [6, 6.07) is 10.6. The number of nitrogens with zero attached hydrogens (tertiary/aromatic N) is 1. The Morgan fingerprint density at radius 2 is 1.86 bits per heavy atom. The smallest absolute Gasteiger partial charge is 0.387 e. The largest absolute Gasteiger partial charge is 0.493 e. The molecule has 0 aromatic heterocycles. The monoisotopic (exact) mass is 405 g/mol. The number of methoxy groups -OCH3 is 1. The summed E-state index contributed by atoms with van der Waals surface area (Å²) in [4.78, 5) is 13.8. The van der Waals surface area contributed by atoms with E-state index in [1.54, 1.807) is 19.2 Å². The van der Waals surface area contributed by atoms with E-state index in [0.717, 1.165) is 16.9 Å². The molecule has 29 heavy (non-hydrogen) atoms. The lowest BCUT2D eigenvalue weighted by Crippen LogP contribution is -2.29. The van der Waals surface area contributed by atoms with Gasteiger partial charge in [0.05, 0.1) is 13.7 Å². The molecule has 0 spiro atoms. The number of carbonyl (C=O) groups is 1. The first-order valence-electron chi connectivity index (χ1n) is 9.06. The number of likely N-dealkylation sites (N-methyl/N-ethyl adjacent to an activating group) is 1. The van der Waals surface area contributed by atoms with Crippen molar-refractivity contribution < 1.29 is 27.8 Å². The quantitative estimate of drug-likeness (QED) is 0.578. The Balaban J connectivity index is 1.97. The lowest BCUT2D eigenvalue weighted by molar-refractivity contribution is -0.125. The van der Waals surface area contributed by atoms with Crippen molar-refractivity contribution in [3.8, 4) is 17.2 Å². The molecule has 0 saturated carbocycles. The van der Waals surface area contributed by atoms with E-state index in [1.165, 1.54) is 30.2 Å². The summed E-state index contributed by atoms with van der Waals surface area (Å²) in [5.41, 5.74) is 2.53. The van der Waals surface area contributed by atoms with Gasteiger partial charge in [-0.3, -0.25) is 4.79 Å². The number of benzene rings is 2. The molecule has 156 valence electrons. The minimum Gasteiger partial charge on any atom is -0.493 e. The Bertz CT molecular complexity index is 848. The van der Waals surface area contributed by atoms with Crippen molar-refractivity contribution in [2.75, 3.05) is 27.3 Å². The predicted octanol–water partition coefficient (Wildman–Crippen LogP) is 4.46. The molecule has 0 aliphatic rings. The molecule has 0 N–H and O–H groups in total. The summed E-state index contributed by atoms with van der Waals surface area (Å²) in [5.74, 6) is 0.508. The van der Waals surface area contributed by atoms with Gasteiger partial charge in [0.25, 0.3) is 0 Å². The number of rotatable bonds is 9. The third kappa shape index (κ3) is 6.78. The molecule has 0 bridgehead atoms. The van der Waals surface area contributed by atoms with Gasteiger partial charge in [-0.25, -0.2) is 0 Å². The molecule has 5 nitrogen and oxygen atoms in total. The zero-order valence-corrected chi connectivity index (χ0v) is 16.9. The highest BCUT2D eigenvalue weighted by Crippen LogP contribution is 2.33. The Kier molecular flexibility index (Phi) is 8.00. The molecule has 0 fully saturated rings. The Morgan fingerprint density at radius 1 is 1.17 bits per heavy atom. The highest BCUT2D eigenvalue weighted by molar-refractivity contribution is 5.92. The van der Waals surface area contributed by atoms with Gasteiger partial charge in [0.1, 0.15) is 12.4 Å². The molecule has 0 aliphatic heterocycles. The molecule has 2 aromatic carbocycles. The van der Waals surface area contributed by atoms with E-state index in [-0.39, 0.29) is 17.4 Å². The number of alkyl halides is 2. The maximum absolute atomic E-state index is 12.7. The van der Waals surface area contributed by atoms with Gasteiger partial charge in [0.15, 0.2) is 11.5 Å². The Labute approximate surface area is 169 Å². The second-order valence-corrected chi connectivity index (χ2v) is 6.52. The van der Waals surface area contributed by atoms with Gasteiger partial charge >= 0.3 is 6.61 Å². The summed E-state index contributed by atoms with van der Waals surface area (Å²) in [5, 5.41) is 0. The summed E-state index contributed by atoms with van der Waals surface area (Å²) >= 11 is 0. The fraction of sp³-hybridized carbons (Fsp3) is 0.318. The van der Waals surface area contributed by atoms with E-state index >= 15 is 0 Å². The van der Waals surface area contributed by atoms with Crippen LogP contribution in [-0.4, -0.2) is 44.7 Å². The van der Waals surface area contributed by atoms with Crippen molar-refractivity contribution in [2.45, 2.75) is 20.5 Å². The van der Waals surface area contributed by atoms with Crippen molar-refractivity contribution in [1.82, 2.24) is 4.90 Å². The maximum atomic E-state index is 12.7. The van der Waals surface area contributed by atoms with Gasteiger partial charge in [-0.2, -0.15) is 8.78 Å². The van der Waals surface area contributed by atoms with Crippen molar-refractivity contribution >= 4 is 12.0 Å². The van der Waals surface area contributed by atoms with Gasteiger partial charge in [-0.1, -0.05) is 18.2 Å². The third-order valence-electron chi connectivity index (χ3n) is 4.11. The molecule has 1 amide bonds. The van der Waals surface area contributed by atoms with Crippen molar-refractivity contribution in [3.05, 3.63) is 59.2 Å². The second kappa shape index (κ2) is 10.5. The topological polar surface area (TPSA) is 48.0 Å². The highest BCUT2D eigenvalue weighted by atomic mass is 19.3. The van der Waals surface area contributed by atoms with Crippen molar-refractivity contribution in [3.63, 3.8) is 0 Å². The van der Waals surface area contributed by atoms with Crippen LogP contribution in [0, 0.1) is 13.8 Å². The van der Waals surface area contributed by atoms with E-state index in [4.69, 9.17) is 9.47 Å². The predicted molar refractivity (Wildman–Crippen MR) is 108 cm³/mol. The first-order valence-corrected chi connectivity index (χ1v) is 9.06. The SMILES string of the molecule is COc1cccc(/C=C/C(=O)N(C)CCOc2cc(C)cc(C)c2)c1OC(F)F. The molecule has 0 atom stereocenters. The number of carbonyl (C=O) groups excluding carboxylic acids is 1. The van der Waals surface area contributed by atoms with Crippen LogP contribution in [0.2, 0.25) is 0 Å². The molecule has 2 rings (SSSR count). The number of halogens is 2. The summed E-state index contributed by atoms with van der Waals surface area (Å²) < 4.78 is 40.7. The van der Waals surface area contributed by atoms with Crippen LogP contribution in [0.4, 0.5) is 8.78 Å². The average Bonchev–Trinajstić information content (AvgIpc) is 2.65. The first-order chi connectivity index (χ1) is 13.8. The van der Waals surface area contributed by atoms with Crippen molar-refractivity contribution in [2.24, 2.45) is 0 Å². The fourth-order valence-corrected chi connectivity index (χ4v) is 2.76. The van der Waals surface area contributed by atoms with E-state index in [1.807, 2.05) is 26.0 Å². The molecule has 0 saturated heterocycles. The normalized spacial score (nSPS) is 11.0. The minimum absolute atomic E-state index is 0.116. The molecular weight excluding hydrogens is 380 g/mol. The zero-order chi connectivity index (χ0) is 21.4. The number of ether oxygens (including phenoxy) is 3. The van der Waals surface area contributed by atoms with Gasteiger partial charge in [-0.05, 0) is 49.2 Å². The number of hydrogen-bond donors (Lipinski definition) is 0. The summed E-state index contributed by atoms with van der Waals surface area (Å²) in [6.07, 6.45) is 2.72. The highest BCUT2D eigenvalue weighted by Gasteiger charge is 2.14. The van der Waals surface area contributed by atoms with Crippen molar-refractivity contribution in [1.29, 1.82) is 0 Å². The van der Waals surface area contributed by atoms with Gasteiger partial charge < -0.3 is 19.1 Å². The van der Waals surface area contributed by atoms with E-state index < -0.39 is 6.61 Å². The molecular formula is C22H25F2NO4. The summed E-state index contributed by atoms with van der Waals surface area (Å²) in [7, 11) is 3.00. The second-order valence-electron chi connectivity index (χ2n) is 6.52. The van der Waals surface area contributed by atoms with Crippen LogP contribution in [0.15, 0.2) is 42.5 Å². The summed E-state index contributed by atoms with van der Waals surface area (Å²) in [6.45, 7) is 1.68. The lowest BCUT2D eigenvalue weighted by Gasteiger charge is -2.16. The molecule has 0 aliphatic carbocycles. The Hall–Kier alpha value is -3.09. The molecule has 2 aromatic rings. The minimum atomic E-state index is -3.00. The first kappa shape index (κ1) is 22.2. The van der Waals surface area contributed by atoms with Gasteiger partial charge in [0, 0.05) is 18.7 Å². The molecule has 0 unspecified atom stereocenters. The number of amides is 1. The van der Waals surface area contributed by atoms with E-state index in [9.17, 15) is 13.6 Å². The number of aryl methyl sites for hydroxylation is 2. The molecule has 7 heteroatoms. The maximum Gasteiger partial charge on any atom is 0.387 e. The average molecular weight is 405 g/mol. The van der Waals surface area contributed by atoms with Crippen LogP contribution in [0.25, 0.3) is 6.08 Å². The lowest BCUT2D eigenvalue weighted by atomic mass is 10.1. The third-order valence-corrected chi connectivity index (χ3v) is 4.11. The van der Waals surface area contributed by atoms with Crippen LogP contribution in [-0.2, 0) is 4.79 Å². The zero-order valence-electron chi connectivity index (χ0n) is 16.9. The van der Waals surface area contributed by atoms with Crippen LogP contribution < -0.4 is 14.2 Å². The fourth-order valence-electron chi connectivity index (χ4n) is 2.76. The number of para-hydroxylation sites is 1. The van der Waals surface area contributed by atoms with Gasteiger partial charge in [-0.15, -0.1) is 0 Å². The molecule has 0 heterocycles. The van der Waals surface area contributed by atoms with Crippen LogP contribution >= 0.6 is 0 Å². The molecule has 0 radical (unpaired) electrons. The van der Waals surface area contributed by atoms with Crippen LogP contribution in [0.3, 0.4) is 0 Å². The van der Waals surface area contributed by atoms with E-state index in [2.05, 4.69) is 10.8 Å². The van der Waals surface area contributed by atoms with E-state index in [0.29, 0.717) is 18.7 Å². The van der Waals surface area contributed by atoms with Crippen LogP contribution in [0.5, 0.6) is 17.2 Å².